The maximum Gasteiger partial charge on any atom is 0.306 e. The summed E-state index contributed by atoms with van der Waals surface area (Å²) in [6.45, 7) is 4.46. The molecule has 2 N–H and O–H groups in total. The predicted molar refractivity (Wildman–Crippen MR) is 74.3 cm³/mol. The molecule has 19 heavy (non-hydrogen) atoms. The van der Waals surface area contributed by atoms with E-state index < -0.39 is 16.0 Å². The molecule has 0 bridgehead atoms. The number of hydrogen-bond donors (Lipinski definition) is 2. The molecule has 1 rings (SSSR count). The fourth-order valence-corrected chi connectivity index (χ4v) is 3.74. The number of hydrogen-bond acceptors (Lipinski definition) is 3. The molecule has 1 fully saturated rings. The van der Waals surface area contributed by atoms with Crippen LogP contribution in [0.1, 0.15) is 46.0 Å². The Morgan fingerprint density at radius 2 is 1.84 bits per heavy atom. The van der Waals surface area contributed by atoms with Gasteiger partial charge in [-0.25, -0.2) is 13.1 Å². The number of aliphatic carboxylic acids is 1. The number of rotatable bonds is 7. The number of carbonyl (C=O) groups is 1. The summed E-state index contributed by atoms with van der Waals surface area (Å²) in [4.78, 5) is 10.8. The van der Waals surface area contributed by atoms with E-state index in [4.69, 9.17) is 5.11 Å². The highest BCUT2D eigenvalue weighted by Crippen LogP contribution is 2.28. The van der Waals surface area contributed by atoms with Gasteiger partial charge in [0.05, 0.1) is 11.7 Å². The third-order valence-corrected chi connectivity index (χ3v) is 5.13. The van der Waals surface area contributed by atoms with E-state index in [2.05, 4.69) is 4.72 Å². The van der Waals surface area contributed by atoms with E-state index in [0.717, 1.165) is 12.8 Å². The zero-order valence-corrected chi connectivity index (χ0v) is 12.6. The molecule has 0 amide bonds. The zero-order chi connectivity index (χ0) is 14.5. The minimum absolute atomic E-state index is 0.176. The molecule has 0 spiro atoms. The van der Waals surface area contributed by atoms with Gasteiger partial charge in [-0.2, -0.15) is 0 Å². The largest absolute Gasteiger partial charge is 0.481 e. The minimum atomic E-state index is -3.17. The van der Waals surface area contributed by atoms with Crippen LogP contribution in [0.3, 0.4) is 0 Å². The maximum atomic E-state index is 11.7. The molecule has 0 aromatic rings. The molecule has 112 valence electrons. The van der Waals surface area contributed by atoms with Crippen molar-refractivity contribution >= 4 is 16.0 Å². The smallest absolute Gasteiger partial charge is 0.306 e. The highest BCUT2D eigenvalue weighted by atomic mass is 32.2. The molecule has 6 heteroatoms. The van der Waals surface area contributed by atoms with Crippen molar-refractivity contribution in [3.63, 3.8) is 0 Å². The second-order valence-corrected chi connectivity index (χ2v) is 7.83. The van der Waals surface area contributed by atoms with Crippen molar-refractivity contribution < 1.29 is 18.3 Å². The molecular formula is C13H25NO4S. The van der Waals surface area contributed by atoms with E-state index in [0.29, 0.717) is 31.7 Å². The molecule has 1 saturated carbocycles. The van der Waals surface area contributed by atoms with Crippen molar-refractivity contribution in [2.75, 3.05) is 12.3 Å². The fourth-order valence-electron chi connectivity index (χ4n) is 2.32. The summed E-state index contributed by atoms with van der Waals surface area (Å²) >= 11 is 0. The van der Waals surface area contributed by atoms with Crippen molar-refractivity contribution in [1.82, 2.24) is 4.72 Å². The van der Waals surface area contributed by atoms with Crippen molar-refractivity contribution in [3.05, 3.63) is 0 Å². The molecule has 1 aliphatic carbocycles. The van der Waals surface area contributed by atoms with Gasteiger partial charge in [-0.15, -0.1) is 0 Å². The molecule has 0 heterocycles. The first-order valence-corrected chi connectivity index (χ1v) is 8.65. The second-order valence-electron chi connectivity index (χ2n) is 5.91. The Hall–Kier alpha value is -0.620. The van der Waals surface area contributed by atoms with Gasteiger partial charge in [0.2, 0.25) is 10.0 Å². The Kier molecular flexibility index (Phi) is 6.26. The Morgan fingerprint density at radius 3 is 2.32 bits per heavy atom. The van der Waals surface area contributed by atoms with Crippen LogP contribution in [-0.4, -0.2) is 31.8 Å². The molecule has 0 aromatic carbocycles. The number of carboxylic acid groups (broad SMARTS) is 1. The molecular weight excluding hydrogens is 266 g/mol. The van der Waals surface area contributed by atoms with E-state index in [1.165, 1.54) is 0 Å². The average Bonchev–Trinajstić information content (AvgIpc) is 2.35. The van der Waals surface area contributed by atoms with Gasteiger partial charge in [-0.3, -0.25) is 4.79 Å². The van der Waals surface area contributed by atoms with Crippen LogP contribution in [0.25, 0.3) is 0 Å². The first kappa shape index (κ1) is 16.4. The third kappa shape index (κ3) is 6.38. The fraction of sp³-hybridized carbons (Fsp3) is 0.923. The van der Waals surface area contributed by atoms with E-state index in [-0.39, 0.29) is 17.6 Å². The summed E-state index contributed by atoms with van der Waals surface area (Å²) in [5.41, 5.74) is 0. The van der Waals surface area contributed by atoms with Gasteiger partial charge in [0.15, 0.2) is 0 Å². The molecule has 0 aromatic heterocycles. The molecule has 5 nitrogen and oxygen atoms in total. The summed E-state index contributed by atoms with van der Waals surface area (Å²) in [6, 6.07) is 0. The van der Waals surface area contributed by atoms with Crippen LogP contribution < -0.4 is 4.72 Å². The van der Waals surface area contributed by atoms with Gasteiger partial charge in [-0.05, 0) is 43.9 Å². The zero-order valence-electron chi connectivity index (χ0n) is 11.8. The topological polar surface area (TPSA) is 83.5 Å². The molecule has 0 unspecified atom stereocenters. The highest BCUT2D eigenvalue weighted by Gasteiger charge is 2.26. The SMILES string of the molecule is CC(C)CCS(=O)(=O)NCC1CCC(C(=O)O)CC1. The van der Waals surface area contributed by atoms with E-state index in [1.807, 2.05) is 13.8 Å². The first-order chi connectivity index (χ1) is 8.80. The van der Waals surface area contributed by atoms with Gasteiger partial charge < -0.3 is 5.11 Å². The molecule has 1 aliphatic rings. The van der Waals surface area contributed by atoms with Gasteiger partial charge >= 0.3 is 5.97 Å². The number of sulfonamides is 1. The summed E-state index contributed by atoms with van der Waals surface area (Å²) in [6.07, 6.45) is 3.58. The van der Waals surface area contributed by atoms with Gasteiger partial charge in [0.1, 0.15) is 0 Å². The van der Waals surface area contributed by atoms with Crippen molar-refractivity contribution in [2.24, 2.45) is 17.8 Å². The van der Waals surface area contributed by atoms with Crippen LogP contribution in [0.2, 0.25) is 0 Å². The van der Waals surface area contributed by atoms with Crippen LogP contribution in [0, 0.1) is 17.8 Å². The summed E-state index contributed by atoms with van der Waals surface area (Å²) < 4.78 is 26.1. The van der Waals surface area contributed by atoms with Crippen LogP contribution in [-0.2, 0) is 14.8 Å². The normalized spacial score (nSPS) is 24.6. The molecule has 0 saturated heterocycles. The quantitative estimate of drug-likeness (QED) is 0.749. The predicted octanol–water partition coefficient (Wildman–Crippen LogP) is 1.84. The van der Waals surface area contributed by atoms with Crippen molar-refractivity contribution in [1.29, 1.82) is 0 Å². The Labute approximate surface area is 115 Å². The Bertz CT molecular complexity index is 383. The number of carboxylic acids is 1. The highest BCUT2D eigenvalue weighted by molar-refractivity contribution is 7.89. The standard InChI is InChI=1S/C13H25NO4S/c1-10(2)7-8-19(17,18)14-9-11-3-5-12(6-4-11)13(15)16/h10-12,14H,3-9H2,1-2H3,(H,15,16). The third-order valence-electron chi connectivity index (χ3n) is 3.75. The molecule has 0 atom stereocenters. The molecule has 0 aliphatic heterocycles. The monoisotopic (exact) mass is 291 g/mol. The van der Waals surface area contributed by atoms with Gasteiger partial charge in [0.25, 0.3) is 0 Å². The van der Waals surface area contributed by atoms with Gasteiger partial charge in [0, 0.05) is 6.54 Å². The lowest BCUT2D eigenvalue weighted by molar-refractivity contribution is -0.143. The lowest BCUT2D eigenvalue weighted by atomic mass is 9.82. The van der Waals surface area contributed by atoms with Crippen molar-refractivity contribution in [3.8, 4) is 0 Å². The van der Waals surface area contributed by atoms with E-state index >= 15 is 0 Å². The van der Waals surface area contributed by atoms with E-state index in [9.17, 15) is 13.2 Å². The van der Waals surface area contributed by atoms with Crippen LogP contribution in [0.4, 0.5) is 0 Å². The lowest BCUT2D eigenvalue weighted by Crippen LogP contribution is -2.34. The summed E-state index contributed by atoms with van der Waals surface area (Å²) in [5, 5.41) is 8.89. The lowest BCUT2D eigenvalue weighted by Gasteiger charge is -2.26. The second kappa shape index (κ2) is 7.24. The summed E-state index contributed by atoms with van der Waals surface area (Å²) in [7, 11) is -3.17. The maximum absolute atomic E-state index is 11.7. The van der Waals surface area contributed by atoms with Crippen LogP contribution in [0.5, 0.6) is 0 Å². The van der Waals surface area contributed by atoms with Crippen LogP contribution >= 0.6 is 0 Å². The molecule has 0 radical (unpaired) electrons. The average molecular weight is 291 g/mol. The van der Waals surface area contributed by atoms with Crippen LogP contribution in [0.15, 0.2) is 0 Å². The van der Waals surface area contributed by atoms with Crippen molar-refractivity contribution in [2.45, 2.75) is 46.0 Å². The van der Waals surface area contributed by atoms with Gasteiger partial charge in [-0.1, -0.05) is 13.8 Å². The summed E-state index contributed by atoms with van der Waals surface area (Å²) in [5.74, 6) is -0.133. The number of nitrogens with one attached hydrogen (secondary N) is 1. The van der Waals surface area contributed by atoms with E-state index in [1.54, 1.807) is 0 Å². The Morgan fingerprint density at radius 1 is 1.26 bits per heavy atom. The Balaban J connectivity index is 2.28. The minimum Gasteiger partial charge on any atom is -0.481 e. The first-order valence-electron chi connectivity index (χ1n) is 7.00.